The summed E-state index contributed by atoms with van der Waals surface area (Å²) in [7, 11) is 0. The predicted octanol–water partition coefficient (Wildman–Crippen LogP) is 6.33. The van der Waals surface area contributed by atoms with Gasteiger partial charge in [-0.1, -0.05) is 92.6 Å². The van der Waals surface area contributed by atoms with Gasteiger partial charge in [-0.15, -0.1) is 0 Å². The number of fused-ring (bicyclic) bond motifs is 2. The molecule has 2 N–H and O–H groups in total. The number of rotatable bonds is 8. The fraction of sp³-hybridized carbons (Fsp3) is 0.171. The van der Waals surface area contributed by atoms with E-state index in [0.717, 1.165) is 30.5 Å². The molecule has 0 spiro atoms. The van der Waals surface area contributed by atoms with E-state index in [9.17, 15) is 14.7 Å². The minimum atomic E-state index is -0.582. The van der Waals surface area contributed by atoms with Crippen LogP contribution < -0.4 is 26.3 Å². The van der Waals surface area contributed by atoms with Gasteiger partial charge in [0.05, 0.1) is 22.9 Å². The molecule has 0 amide bonds. The van der Waals surface area contributed by atoms with E-state index in [1.807, 2.05) is 49.4 Å². The van der Waals surface area contributed by atoms with Crippen LogP contribution in [0.3, 0.4) is 0 Å². The number of unbranched alkanes of at least 4 members (excludes halogenated alkanes) is 2. The van der Waals surface area contributed by atoms with Crippen LogP contribution in [-0.2, 0) is 0 Å². The summed E-state index contributed by atoms with van der Waals surface area (Å²) in [5.41, 5.74) is 2.46. The molecule has 0 unspecified atom stereocenters. The lowest BCUT2D eigenvalue weighted by Crippen LogP contribution is -2.33. The second kappa shape index (κ2) is 10.9. The summed E-state index contributed by atoms with van der Waals surface area (Å²) in [5, 5.41) is 17.5. The van der Waals surface area contributed by atoms with Crippen molar-refractivity contribution in [3.8, 4) is 5.75 Å². The zero-order valence-electron chi connectivity index (χ0n) is 23.0. The fourth-order valence-electron chi connectivity index (χ4n) is 5.49. The van der Waals surface area contributed by atoms with Gasteiger partial charge in [0, 0.05) is 33.1 Å². The van der Waals surface area contributed by atoms with Gasteiger partial charge in [0.15, 0.2) is 5.43 Å². The van der Waals surface area contributed by atoms with Crippen LogP contribution in [-0.4, -0.2) is 16.7 Å². The number of aliphatic hydroxyl groups is 1. The second-order valence-electron chi connectivity index (χ2n) is 10.3. The van der Waals surface area contributed by atoms with Crippen LogP contribution in [0, 0.1) is 17.4 Å². The molecule has 0 saturated carbocycles. The number of aryl methyl sites for hydroxylation is 1. The molecular formula is C35H30N2O4. The van der Waals surface area contributed by atoms with E-state index in [-0.39, 0.29) is 16.4 Å². The highest BCUT2D eigenvalue weighted by molar-refractivity contribution is 5.97. The lowest BCUT2D eigenvalue weighted by Gasteiger charge is -2.17. The largest absolute Gasteiger partial charge is 0.506 e. The molecule has 6 heteroatoms. The first-order valence-electron chi connectivity index (χ1n) is 13.9. The highest BCUT2D eigenvalue weighted by atomic mass is 16.5. The number of nitrogens with zero attached hydrogens (tertiary/aromatic N) is 1. The van der Waals surface area contributed by atoms with E-state index >= 15 is 0 Å². The van der Waals surface area contributed by atoms with Crippen LogP contribution in [0.15, 0.2) is 94.5 Å². The fourth-order valence-corrected chi connectivity index (χ4v) is 5.49. The van der Waals surface area contributed by atoms with E-state index in [2.05, 4.69) is 17.2 Å². The number of anilines is 2. The number of aromatic nitrogens is 1. The molecule has 0 bridgehead atoms. The van der Waals surface area contributed by atoms with Crippen LogP contribution in [0.5, 0.6) is 5.75 Å². The Hall–Kier alpha value is -4.97. The summed E-state index contributed by atoms with van der Waals surface area (Å²) in [6, 6.07) is 25.7. The summed E-state index contributed by atoms with van der Waals surface area (Å²) in [5.74, 6) is 0.241. The van der Waals surface area contributed by atoms with E-state index in [0.29, 0.717) is 55.7 Å². The molecule has 4 aromatic carbocycles. The van der Waals surface area contributed by atoms with Crippen molar-refractivity contribution in [1.29, 1.82) is 0 Å². The van der Waals surface area contributed by atoms with Gasteiger partial charge in [-0.3, -0.25) is 9.59 Å². The van der Waals surface area contributed by atoms with E-state index in [1.54, 1.807) is 42.5 Å². The predicted molar refractivity (Wildman–Crippen MR) is 165 cm³/mol. The average molecular weight is 543 g/mol. The number of hydrogen-bond donors (Lipinski definition) is 2. The van der Waals surface area contributed by atoms with Crippen molar-refractivity contribution in [3.63, 3.8) is 0 Å². The van der Waals surface area contributed by atoms with Gasteiger partial charge in [0.25, 0.3) is 5.56 Å². The molecule has 41 heavy (non-hydrogen) atoms. The van der Waals surface area contributed by atoms with Gasteiger partial charge in [-0.25, -0.2) is 4.98 Å². The SMILES string of the molecule is CCCCCOc1cc(Nc2ccccc2C)c2c3c1nc(=O)c(=C(O)c1ccccc1)c=3c1ccccc1c2=O. The summed E-state index contributed by atoms with van der Waals surface area (Å²) < 4.78 is 6.25. The molecule has 6 nitrogen and oxygen atoms in total. The molecule has 0 aromatic heterocycles. The summed E-state index contributed by atoms with van der Waals surface area (Å²) in [6.45, 7) is 4.57. The maximum absolute atomic E-state index is 14.2. The van der Waals surface area contributed by atoms with Gasteiger partial charge >= 0.3 is 0 Å². The lowest BCUT2D eigenvalue weighted by molar-refractivity contribution is 0.309. The number of benzene rings is 4. The first kappa shape index (κ1) is 26.3. The molecule has 0 radical (unpaired) electrons. The smallest absolute Gasteiger partial charge is 0.282 e. The number of aliphatic hydroxyl groups excluding tert-OH is 1. The van der Waals surface area contributed by atoms with E-state index < -0.39 is 5.56 Å². The summed E-state index contributed by atoms with van der Waals surface area (Å²) in [6.07, 6.45) is 2.89. The Morgan fingerprint density at radius 1 is 0.854 bits per heavy atom. The Balaban J connectivity index is 1.83. The number of para-hydroxylation sites is 1. The van der Waals surface area contributed by atoms with Crippen molar-refractivity contribution in [2.75, 3.05) is 11.9 Å². The monoisotopic (exact) mass is 542 g/mol. The third-order valence-corrected chi connectivity index (χ3v) is 7.56. The van der Waals surface area contributed by atoms with Crippen molar-refractivity contribution in [1.82, 2.24) is 4.98 Å². The van der Waals surface area contributed by atoms with Gasteiger partial charge in [0.1, 0.15) is 17.0 Å². The maximum atomic E-state index is 14.2. The van der Waals surface area contributed by atoms with Gasteiger partial charge < -0.3 is 15.2 Å². The topological polar surface area (TPSA) is 88.5 Å². The van der Waals surface area contributed by atoms with Crippen LogP contribution in [0.25, 0.3) is 27.4 Å². The maximum Gasteiger partial charge on any atom is 0.282 e. The molecule has 0 fully saturated rings. The zero-order chi connectivity index (χ0) is 28.5. The molecule has 1 aliphatic heterocycles. The molecule has 0 saturated heterocycles. The molecule has 2 aliphatic rings. The Kier molecular flexibility index (Phi) is 6.98. The van der Waals surface area contributed by atoms with Crippen LogP contribution in [0.4, 0.5) is 11.4 Å². The minimum absolute atomic E-state index is 0.0647. The van der Waals surface area contributed by atoms with Crippen molar-refractivity contribution < 1.29 is 9.84 Å². The molecule has 0 atom stereocenters. The molecular weight excluding hydrogens is 512 g/mol. The molecule has 4 aromatic rings. The Bertz CT molecular complexity index is 2130. The molecule has 1 aliphatic carbocycles. The Labute approximate surface area is 236 Å². The van der Waals surface area contributed by atoms with E-state index in [4.69, 9.17) is 4.74 Å². The Morgan fingerprint density at radius 3 is 2.32 bits per heavy atom. The highest BCUT2D eigenvalue weighted by Crippen LogP contribution is 2.34. The standard InChI is InChI=1S/C35H30N2O4/c1-3-4-12-19-41-27-20-26(36-25-18-11-8-13-21(25)2)29-30-28(23-16-9-10-17-24(23)34(29)39)31(35(40)37-32(27)30)33(38)22-14-6-5-7-15-22/h5-11,13-18,20,36,38H,3-4,12,19H2,1-2H3. The average Bonchev–Trinajstić information content (AvgIpc) is 2.99. The normalized spacial score (nSPS) is 12.2. The molecule has 204 valence electrons. The third kappa shape index (κ3) is 4.61. The van der Waals surface area contributed by atoms with Gasteiger partial charge in [-0.2, -0.15) is 0 Å². The highest BCUT2D eigenvalue weighted by Gasteiger charge is 2.21. The number of nitrogens with one attached hydrogen (secondary N) is 1. The van der Waals surface area contributed by atoms with Crippen molar-refractivity contribution >= 4 is 38.8 Å². The lowest BCUT2D eigenvalue weighted by atomic mass is 9.96. The number of hydrogen-bond acceptors (Lipinski definition) is 6. The van der Waals surface area contributed by atoms with Crippen molar-refractivity contribution in [2.45, 2.75) is 33.1 Å². The molecule has 1 heterocycles. The van der Waals surface area contributed by atoms with Crippen LogP contribution in [0.2, 0.25) is 0 Å². The van der Waals surface area contributed by atoms with Crippen LogP contribution in [0.1, 0.15) is 37.3 Å². The van der Waals surface area contributed by atoms with E-state index in [1.165, 1.54) is 0 Å². The zero-order valence-corrected chi connectivity index (χ0v) is 23.0. The first-order valence-corrected chi connectivity index (χ1v) is 13.9. The van der Waals surface area contributed by atoms with Crippen molar-refractivity contribution in [3.05, 3.63) is 132 Å². The summed E-state index contributed by atoms with van der Waals surface area (Å²) in [4.78, 5) is 32.4. The van der Waals surface area contributed by atoms with Crippen molar-refractivity contribution in [2.24, 2.45) is 0 Å². The van der Waals surface area contributed by atoms with Gasteiger partial charge in [-0.05, 0) is 30.4 Å². The second-order valence-corrected chi connectivity index (χ2v) is 10.3. The summed E-state index contributed by atoms with van der Waals surface area (Å²) >= 11 is 0. The third-order valence-electron chi connectivity index (χ3n) is 7.56. The minimum Gasteiger partial charge on any atom is -0.506 e. The Morgan fingerprint density at radius 2 is 1.56 bits per heavy atom. The number of ether oxygens (including phenoxy) is 1. The van der Waals surface area contributed by atoms with Crippen LogP contribution >= 0.6 is 0 Å². The quantitative estimate of drug-likeness (QED) is 0.219. The molecule has 6 rings (SSSR count). The first-order chi connectivity index (χ1) is 20.0. The van der Waals surface area contributed by atoms with Gasteiger partial charge in [0.2, 0.25) is 0 Å².